The lowest BCUT2D eigenvalue weighted by atomic mass is 10.1. The minimum absolute atomic E-state index is 0.0716. The molecule has 0 radical (unpaired) electrons. The van der Waals surface area contributed by atoms with Gasteiger partial charge in [0.15, 0.2) is 0 Å². The van der Waals surface area contributed by atoms with Crippen LogP contribution in [0.2, 0.25) is 10.0 Å². The molecule has 4 amide bonds. The van der Waals surface area contributed by atoms with Gasteiger partial charge in [0, 0.05) is 29.1 Å². The van der Waals surface area contributed by atoms with E-state index in [-0.39, 0.29) is 23.3 Å². The molecule has 2 aromatic carbocycles. The average Bonchev–Trinajstić information content (AvgIpc) is 2.80. The van der Waals surface area contributed by atoms with Gasteiger partial charge >= 0.3 is 0 Å². The number of nitrogens with two attached hydrogens (primary N) is 1. The van der Waals surface area contributed by atoms with Gasteiger partial charge in [0.1, 0.15) is 6.04 Å². The van der Waals surface area contributed by atoms with Gasteiger partial charge in [-0.2, -0.15) is 4.31 Å². The molecular formula is C21H23Cl2N5O6S. The maximum atomic E-state index is 12.6. The molecule has 35 heavy (non-hydrogen) atoms. The summed E-state index contributed by atoms with van der Waals surface area (Å²) < 4.78 is 25.9. The second-order valence-corrected chi connectivity index (χ2v) is 10.2. The Hall–Kier alpha value is -3.19. The minimum atomic E-state index is -3.99. The lowest BCUT2D eigenvalue weighted by Gasteiger charge is -2.20. The summed E-state index contributed by atoms with van der Waals surface area (Å²) in [5.41, 5.74) is 9.54. The van der Waals surface area contributed by atoms with Crippen molar-refractivity contribution < 1.29 is 27.6 Å². The Morgan fingerprint density at radius 2 is 1.49 bits per heavy atom. The van der Waals surface area contributed by atoms with Gasteiger partial charge in [-0.3, -0.25) is 30.0 Å². The Balaban J connectivity index is 1.98. The zero-order valence-corrected chi connectivity index (χ0v) is 20.8. The molecule has 0 aromatic heterocycles. The van der Waals surface area contributed by atoms with E-state index in [2.05, 4.69) is 16.2 Å². The Morgan fingerprint density at radius 3 is 2.03 bits per heavy atom. The van der Waals surface area contributed by atoms with Gasteiger partial charge in [-0.15, -0.1) is 0 Å². The molecule has 188 valence electrons. The smallest absolute Gasteiger partial charge is 0.260 e. The first kappa shape index (κ1) is 28.1. The lowest BCUT2D eigenvalue weighted by Crippen LogP contribution is -2.54. The normalized spacial score (nSPS) is 12.0. The molecule has 2 aromatic rings. The van der Waals surface area contributed by atoms with E-state index >= 15 is 0 Å². The lowest BCUT2D eigenvalue weighted by molar-refractivity contribution is -0.130. The third-order valence-corrected chi connectivity index (χ3v) is 6.94. The van der Waals surface area contributed by atoms with Crippen molar-refractivity contribution in [3.63, 3.8) is 0 Å². The molecule has 0 spiro atoms. The number of amides is 4. The number of carbonyl (C=O) groups is 4. The van der Waals surface area contributed by atoms with Crippen LogP contribution in [0.5, 0.6) is 0 Å². The molecule has 14 heteroatoms. The van der Waals surface area contributed by atoms with Crippen LogP contribution < -0.4 is 21.9 Å². The predicted molar refractivity (Wildman–Crippen MR) is 129 cm³/mol. The Kier molecular flexibility index (Phi) is 10.0. The first-order valence-electron chi connectivity index (χ1n) is 10.1. The second kappa shape index (κ2) is 12.5. The van der Waals surface area contributed by atoms with E-state index in [0.717, 1.165) is 4.31 Å². The van der Waals surface area contributed by atoms with Crippen LogP contribution in [0.3, 0.4) is 0 Å². The number of primary amides is 1. The first-order chi connectivity index (χ1) is 16.4. The summed E-state index contributed by atoms with van der Waals surface area (Å²) in [4.78, 5) is 48.3. The SMILES string of the molecule is CN(CC(=O)NNC(=O)C(CCC(N)=O)NC(=O)c1ccc(Cl)cc1)S(=O)(=O)c1ccc(Cl)cc1. The molecule has 5 N–H and O–H groups in total. The van der Waals surface area contributed by atoms with Crippen molar-refractivity contribution in [2.45, 2.75) is 23.8 Å². The number of benzene rings is 2. The highest BCUT2D eigenvalue weighted by Crippen LogP contribution is 2.17. The van der Waals surface area contributed by atoms with E-state index in [4.69, 9.17) is 28.9 Å². The number of likely N-dealkylation sites (N-methyl/N-ethyl adjacent to an activating group) is 1. The molecule has 0 bridgehead atoms. The summed E-state index contributed by atoms with van der Waals surface area (Å²) in [6.45, 7) is -0.617. The van der Waals surface area contributed by atoms with Crippen LogP contribution in [0.25, 0.3) is 0 Å². The van der Waals surface area contributed by atoms with Gasteiger partial charge in [-0.25, -0.2) is 8.42 Å². The van der Waals surface area contributed by atoms with E-state index in [0.29, 0.717) is 10.0 Å². The van der Waals surface area contributed by atoms with Gasteiger partial charge < -0.3 is 11.1 Å². The summed E-state index contributed by atoms with van der Waals surface area (Å²) >= 11 is 11.6. The van der Waals surface area contributed by atoms with Crippen LogP contribution in [0.15, 0.2) is 53.4 Å². The van der Waals surface area contributed by atoms with Gasteiger partial charge in [-0.05, 0) is 55.0 Å². The van der Waals surface area contributed by atoms with E-state index in [1.807, 2.05) is 0 Å². The zero-order valence-electron chi connectivity index (χ0n) is 18.5. The average molecular weight is 544 g/mol. The van der Waals surface area contributed by atoms with Gasteiger partial charge in [-0.1, -0.05) is 23.2 Å². The zero-order chi connectivity index (χ0) is 26.2. The van der Waals surface area contributed by atoms with Crippen LogP contribution in [0.4, 0.5) is 0 Å². The van der Waals surface area contributed by atoms with E-state index in [1.165, 1.54) is 55.6 Å². The molecule has 0 saturated heterocycles. The number of nitrogens with zero attached hydrogens (tertiary/aromatic N) is 1. The summed E-state index contributed by atoms with van der Waals surface area (Å²) in [7, 11) is -2.80. The fraction of sp³-hybridized carbons (Fsp3) is 0.238. The molecule has 0 aliphatic rings. The van der Waals surface area contributed by atoms with Crippen LogP contribution >= 0.6 is 23.2 Å². The molecule has 0 saturated carbocycles. The van der Waals surface area contributed by atoms with Crippen molar-refractivity contribution in [3.8, 4) is 0 Å². The number of halogens is 2. The van der Waals surface area contributed by atoms with Crippen molar-refractivity contribution in [1.82, 2.24) is 20.5 Å². The maximum Gasteiger partial charge on any atom is 0.260 e. The highest BCUT2D eigenvalue weighted by atomic mass is 35.5. The van der Waals surface area contributed by atoms with Gasteiger partial charge in [0.05, 0.1) is 11.4 Å². The number of hydrazine groups is 1. The molecule has 0 aliphatic heterocycles. The Labute approximate surface area is 212 Å². The number of sulfonamides is 1. The Morgan fingerprint density at radius 1 is 0.943 bits per heavy atom. The van der Waals surface area contributed by atoms with Crippen molar-refractivity contribution in [2.75, 3.05) is 13.6 Å². The van der Waals surface area contributed by atoms with Crippen molar-refractivity contribution >= 4 is 56.9 Å². The Bertz CT molecular complexity index is 1190. The molecule has 1 atom stereocenters. The van der Waals surface area contributed by atoms with E-state index in [9.17, 15) is 27.6 Å². The molecule has 11 nitrogen and oxygen atoms in total. The monoisotopic (exact) mass is 543 g/mol. The number of hydrogen-bond acceptors (Lipinski definition) is 6. The standard InChI is InChI=1S/C21H23Cl2N5O6S/c1-28(35(33,34)16-8-6-15(23)7-9-16)12-19(30)26-27-21(32)17(10-11-18(24)29)25-20(31)13-2-4-14(22)5-3-13/h2-9,17H,10-12H2,1H3,(H2,24,29)(H,25,31)(H,26,30)(H,27,32). The van der Waals surface area contributed by atoms with Crippen molar-refractivity contribution in [2.24, 2.45) is 5.73 Å². The molecular weight excluding hydrogens is 521 g/mol. The summed E-state index contributed by atoms with van der Waals surface area (Å²) in [5.74, 6) is -3.01. The molecule has 0 heterocycles. The topological polar surface area (TPSA) is 168 Å². The largest absolute Gasteiger partial charge is 0.370 e. The van der Waals surface area contributed by atoms with E-state index < -0.39 is 46.2 Å². The van der Waals surface area contributed by atoms with Crippen molar-refractivity contribution in [1.29, 1.82) is 0 Å². The first-order valence-corrected chi connectivity index (χ1v) is 12.2. The van der Waals surface area contributed by atoms with E-state index in [1.54, 1.807) is 0 Å². The van der Waals surface area contributed by atoms with Crippen LogP contribution in [-0.2, 0) is 24.4 Å². The second-order valence-electron chi connectivity index (χ2n) is 7.29. The minimum Gasteiger partial charge on any atom is -0.370 e. The molecule has 2 rings (SSSR count). The maximum absolute atomic E-state index is 12.6. The fourth-order valence-electron chi connectivity index (χ4n) is 2.73. The van der Waals surface area contributed by atoms with Crippen molar-refractivity contribution in [3.05, 3.63) is 64.1 Å². The number of nitrogens with one attached hydrogen (secondary N) is 3. The molecule has 0 aliphatic carbocycles. The van der Waals surface area contributed by atoms with Crippen LogP contribution in [0.1, 0.15) is 23.2 Å². The summed E-state index contributed by atoms with van der Waals surface area (Å²) in [5, 5.41) is 3.21. The highest BCUT2D eigenvalue weighted by Gasteiger charge is 2.25. The fourth-order valence-corrected chi connectivity index (χ4v) is 4.11. The summed E-state index contributed by atoms with van der Waals surface area (Å²) in [6.07, 6.45) is -0.351. The summed E-state index contributed by atoms with van der Waals surface area (Å²) in [6, 6.07) is 10.0. The third kappa shape index (κ3) is 8.51. The predicted octanol–water partition coefficient (Wildman–Crippen LogP) is 0.825. The third-order valence-electron chi connectivity index (χ3n) is 4.62. The number of hydrogen-bond donors (Lipinski definition) is 4. The van der Waals surface area contributed by atoms with Crippen LogP contribution in [-0.4, -0.2) is 56.0 Å². The quantitative estimate of drug-likeness (QED) is 0.323. The van der Waals surface area contributed by atoms with Crippen LogP contribution in [0, 0.1) is 0 Å². The van der Waals surface area contributed by atoms with Gasteiger partial charge in [0.25, 0.3) is 17.7 Å². The highest BCUT2D eigenvalue weighted by molar-refractivity contribution is 7.89. The molecule has 1 unspecified atom stereocenters. The number of carbonyl (C=O) groups excluding carboxylic acids is 4. The number of rotatable bonds is 10. The molecule has 0 fully saturated rings. The van der Waals surface area contributed by atoms with Gasteiger partial charge in [0.2, 0.25) is 15.9 Å².